The Morgan fingerprint density at radius 2 is 2.20 bits per heavy atom. The van der Waals surface area contributed by atoms with Gasteiger partial charge in [-0.05, 0) is 41.9 Å². The molecule has 0 aromatic carbocycles. The lowest BCUT2D eigenvalue weighted by molar-refractivity contribution is 0.183. The average molecular weight is 273 g/mol. The zero-order valence-corrected chi connectivity index (χ0v) is 11.2. The summed E-state index contributed by atoms with van der Waals surface area (Å²) in [4.78, 5) is 6.61. The van der Waals surface area contributed by atoms with Crippen LogP contribution in [0, 0.1) is 6.92 Å². The Morgan fingerprint density at radius 1 is 1.53 bits per heavy atom. The molecule has 1 aromatic rings. The van der Waals surface area contributed by atoms with Gasteiger partial charge in [-0.25, -0.2) is 4.98 Å². The minimum atomic E-state index is 0.322. The van der Waals surface area contributed by atoms with Crippen LogP contribution in [-0.2, 0) is 4.74 Å². The summed E-state index contributed by atoms with van der Waals surface area (Å²) < 4.78 is 6.16. The van der Waals surface area contributed by atoms with E-state index in [9.17, 15) is 0 Å². The molecule has 84 valence electrons. The molecule has 0 aliphatic carbocycles. The summed E-state index contributed by atoms with van der Waals surface area (Å²) in [6, 6.07) is 4.35. The van der Waals surface area contributed by atoms with Crippen molar-refractivity contribution in [2.45, 2.75) is 19.9 Å². The molecule has 0 bridgehead atoms. The van der Waals surface area contributed by atoms with Crippen LogP contribution in [0.1, 0.15) is 12.6 Å². The van der Waals surface area contributed by atoms with Crippen molar-refractivity contribution in [3.05, 3.63) is 22.3 Å². The van der Waals surface area contributed by atoms with Crippen molar-refractivity contribution in [1.29, 1.82) is 0 Å². The minimum absolute atomic E-state index is 0.322. The van der Waals surface area contributed by atoms with Gasteiger partial charge in [-0.2, -0.15) is 0 Å². The number of pyridine rings is 1. The average Bonchev–Trinajstić information content (AvgIpc) is 2.21. The van der Waals surface area contributed by atoms with Crippen molar-refractivity contribution >= 4 is 21.7 Å². The highest BCUT2D eigenvalue weighted by Crippen LogP contribution is 2.19. The van der Waals surface area contributed by atoms with Crippen LogP contribution in [0.3, 0.4) is 0 Å². The second kappa shape index (κ2) is 5.47. The first-order valence-electron chi connectivity index (χ1n) is 4.91. The fourth-order valence-electron chi connectivity index (χ4n) is 1.31. The molecule has 0 radical (unpaired) electrons. The van der Waals surface area contributed by atoms with Crippen molar-refractivity contribution in [2.75, 3.05) is 25.7 Å². The number of likely N-dealkylation sites (N-methyl/N-ethyl adjacent to an activating group) is 1. The van der Waals surface area contributed by atoms with E-state index in [1.165, 1.54) is 0 Å². The third kappa shape index (κ3) is 3.18. The first kappa shape index (κ1) is 12.5. The van der Waals surface area contributed by atoms with Gasteiger partial charge in [0.2, 0.25) is 0 Å². The Balaban J connectivity index is 2.81. The molecule has 4 heteroatoms. The van der Waals surface area contributed by atoms with E-state index in [0.29, 0.717) is 12.6 Å². The van der Waals surface area contributed by atoms with Crippen LogP contribution in [0.15, 0.2) is 16.6 Å². The largest absolute Gasteiger partial charge is 0.383 e. The first-order valence-corrected chi connectivity index (χ1v) is 5.70. The van der Waals surface area contributed by atoms with E-state index in [1.54, 1.807) is 7.11 Å². The number of hydrogen-bond acceptors (Lipinski definition) is 3. The Kier molecular flexibility index (Phi) is 4.54. The zero-order valence-electron chi connectivity index (χ0n) is 9.62. The molecule has 15 heavy (non-hydrogen) atoms. The fraction of sp³-hybridized carbons (Fsp3) is 0.545. The third-order valence-electron chi connectivity index (χ3n) is 2.44. The highest BCUT2D eigenvalue weighted by molar-refractivity contribution is 9.10. The molecule has 1 unspecified atom stereocenters. The Hall–Kier alpha value is -0.610. The number of nitrogens with zero attached hydrogens (tertiary/aromatic N) is 2. The highest BCUT2D eigenvalue weighted by atomic mass is 79.9. The molecule has 1 heterocycles. The third-order valence-corrected chi connectivity index (χ3v) is 3.28. The van der Waals surface area contributed by atoms with Crippen LogP contribution in [0.4, 0.5) is 5.82 Å². The molecule has 1 rings (SSSR count). The van der Waals surface area contributed by atoms with Crippen molar-refractivity contribution in [1.82, 2.24) is 4.98 Å². The maximum Gasteiger partial charge on any atom is 0.128 e. The summed E-state index contributed by atoms with van der Waals surface area (Å²) in [6.45, 7) is 4.80. The van der Waals surface area contributed by atoms with Gasteiger partial charge in [0.1, 0.15) is 5.82 Å². The molecule has 0 spiro atoms. The lowest BCUT2D eigenvalue weighted by atomic mass is 10.3. The summed E-state index contributed by atoms with van der Waals surface area (Å²) in [7, 11) is 3.74. The van der Waals surface area contributed by atoms with Crippen LogP contribution in [0.25, 0.3) is 0 Å². The van der Waals surface area contributed by atoms with Gasteiger partial charge < -0.3 is 9.64 Å². The molecule has 0 saturated carbocycles. The predicted octanol–water partition coefficient (Wildman–Crippen LogP) is 2.62. The Labute approximate surface area is 99.6 Å². The number of methoxy groups -OCH3 is 1. The van der Waals surface area contributed by atoms with E-state index in [4.69, 9.17) is 4.74 Å². The van der Waals surface area contributed by atoms with Crippen molar-refractivity contribution in [2.24, 2.45) is 0 Å². The van der Waals surface area contributed by atoms with Gasteiger partial charge in [0.15, 0.2) is 0 Å². The van der Waals surface area contributed by atoms with Gasteiger partial charge >= 0.3 is 0 Å². The number of aryl methyl sites for hydroxylation is 1. The van der Waals surface area contributed by atoms with Crippen molar-refractivity contribution in [3.63, 3.8) is 0 Å². The maximum absolute atomic E-state index is 5.12. The molecule has 0 aliphatic rings. The van der Waals surface area contributed by atoms with Crippen LogP contribution in [-0.4, -0.2) is 31.8 Å². The molecule has 0 N–H and O–H groups in total. The topological polar surface area (TPSA) is 25.4 Å². The monoisotopic (exact) mass is 272 g/mol. The molecule has 0 saturated heterocycles. The van der Waals surface area contributed by atoms with E-state index < -0.39 is 0 Å². The molecule has 0 fully saturated rings. The summed E-state index contributed by atoms with van der Waals surface area (Å²) in [6.07, 6.45) is 0. The van der Waals surface area contributed by atoms with E-state index in [0.717, 1.165) is 16.0 Å². The summed E-state index contributed by atoms with van der Waals surface area (Å²) in [5.74, 6) is 0.972. The molecular formula is C11H17BrN2O. The Bertz CT molecular complexity index is 330. The smallest absolute Gasteiger partial charge is 0.128 e. The molecule has 0 amide bonds. The quantitative estimate of drug-likeness (QED) is 0.843. The highest BCUT2D eigenvalue weighted by Gasteiger charge is 2.11. The number of hydrogen-bond donors (Lipinski definition) is 0. The van der Waals surface area contributed by atoms with Gasteiger partial charge in [0.05, 0.1) is 18.3 Å². The summed E-state index contributed by atoms with van der Waals surface area (Å²) in [5.41, 5.74) is 1.00. The normalized spacial score (nSPS) is 12.6. The van der Waals surface area contributed by atoms with Crippen molar-refractivity contribution in [3.8, 4) is 0 Å². The van der Waals surface area contributed by atoms with Gasteiger partial charge in [-0.1, -0.05) is 0 Å². The second-order valence-electron chi connectivity index (χ2n) is 3.65. The standard InChI is InChI=1S/C11H17BrN2O/c1-8(7-15-4)14(3)11-6-5-10(12)9(2)13-11/h5-6,8H,7H2,1-4H3. The zero-order chi connectivity index (χ0) is 11.4. The number of aromatic nitrogens is 1. The van der Waals surface area contributed by atoms with Crippen molar-refractivity contribution < 1.29 is 4.74 Å². The maximum atomic E-state index is 5.12. The molecule has 0 aliphatic heterocycles. The molecular weight excluding hydrogens is 256 g/mol. The van der Waals surface area contributed by atoms with E-state index in [-0.39, 0.29) is 0 Å². The Morgan fingerprint density at radius 3 is 2.73 bits per heavy atom. The molecule has 1 atom stereocenters. The lowest BCUT2D eigenvalue weighted by Crippen LogP contribution is -2.33. The molecule has 3 nitrogen and oxygen atoms in total. The molecule has 1 aromatic heterocycles. The van der Waals surface area contributed by atoms with E-state index >= 15 is 0 Å². The number of ether oxygens (including phenoxy) is 1. The fourth-order valence-corrected chi connectivity index (χ4v) is 1.53. The summed E-state index contributed by atoms with van der Waals surface area (Å²) >= 11 is 3.44. The number of anilines is 1. The number of rotatable bonds is 4. The summed E-state index contributed by atoms with van der Waals surface area (Å²) in [5, 5.41) is 0. The van der Waals surface area contributed by atoms with Crippen LogP contribution < -0.4 is 4.90 Å². The van der Waals surface area contributed by atoms with E-state index in [1.807, 2.05) is 26.1 Å². The van der Waals surface area contributed by atoms with Gasteiger partial charge in [0, 0.05) is 18.6 Å². The minimum Gasteiger partial charge on any atom is -0.383 e. The van der Waals surface area contributed by atoms with E-state index in [2.05, 4.69) is 32.7 Å². The van der Waals surface area contributed by atoms with Gasteiger partial charge in [-0.15, -0.1) is 0 Å². The number of halogens is 1. The second-order valence-corrected chi connectivity index (χ2v) is 4.51. The van der Waals surface area contributed by atoms with Crippen LogP contribution >= 0.6 is 15.9 Å². The lowest BCUT2D eigenvalue weighted by Gasteiger charge is -2.25. The van der Waals surface area contributed by atoms with Crippen LogP contribution in [0.2, 0.25) is 0 Å². The van der Waals surface area contributed by atoms with Crippen LogP contribution in [0.5, 0.6) is 0 Å². The predicted molar refractivity (Wildman–Crippen MR) is 66.4 cm³/mol. The van der Waals surface area contributed by atoms with Gasteiger partial charge in [0.25, 0.3) is 0 Å². The SMILES string of the molecule is COCC(C)N(C)c1ccc(Br)c(C)n1. The van der Waals surface area contributed by atoms with Gasteiger partial charge in [-0.3, -0.25) is 0 Å². The first-order chi connectivity index (χ1) is 7.06.